The van der Waals surface area contributed by atoms with Gasteiger partial charge in [0, 0.05) is 0 Å². The Morgan fingerprint density at radius 1 is 1.18 bits per heavy atom. The van der Waals surface area contributed by atoms with Crippen LogP contribution in [0.15, 0.2) is 12.7 Å². The molecule has 1 unspecified atom stereocenters. The number of hydrogen-bond donors (Lipinski definition) is 0. The summed E-state index contributed by atoms with van der Waals surface area (Å²) in [4.78, 5) is 25.0. The summed E-state index contributed by atoms with van der Waals surface area (Å²) >= 11 is 0. The standard InChI is InChI=1S/C17H27NO4/c1-5-9-10-11-14(13-18)17(12-6-2,15(19)21-7-3)16(20)22-8-4/h6,14H,2,5,7-12H2,1,3-4H3. The van der Waals surface area contributed by atoms with Crippen LogP contribution in [0.3, 0.4) is 0 Å². The van der Waals surface area contributed by atoms with Gasteiger partial charge in [0.05, 0.1) is 25.2 Å². The first kappa shape index (κ1) is 20.2. The van der Waals surface area contributed by atoms with Crippen LogP contribution < -0.4 is 0 Å². The van der Waals surface area contributed by atoms with Crippen LogP contribution in [0, 0.1) is 22.7 Å². The molecule has 0 N–H and O–H groups in total. The van der Waals surface area contributed by atoms with E-state index in [-0.39, 0.29) is 19.6 Å². The summed E-state index contributed by atoms with van der Waals surface area (Å²) < 4.78 is 10.2. The number of ether oxygens (including phenoxy) is 2. The normalized spacial score (nSPS) is 12.1. The highest BCUT2D eigenvalue weighted by molar-refractivity contribution is 6.01. The van der Waals surface area contributed by atoms with Crippen LogP contribution in [0.4, 0.5) is 0 Å². The van der Waals surface area contributed by atoms with Crippen LogP contribution in [0.25, 0.3) is 0 Å². The number of rotatable bonds is 11. The van der Waals surface area contributed by atoms with Crippen molar-refractivity contribution in [3.8, 4) is 6.07 Å². The molecule has 0 rings (SSSR count). The average molecular weight is 309 g/mol. The highest BCUT2D eigenvalue weighted by Crippen LogP contribution is 2.38. The molecule has 0 fully saturated rings. The molecule has 0 aliphatic rings. The Bertz CT molecular complexity index is 393. The first-order valence-electron chi connectivity index (χ1n) is 7.89. The van der Waals surface area contributed by atoms with Gasteiger partial charge in [-0.2, -0.15) is 5.26 Å². The molecule has 0 aromatic carbocycles. The monoisotopic (exact) mass is 309 g/mol. The van der Waals surface area contributed by atoms with E-state index in [0.29, 0.717) is 6.42 Å². The molecule has 0 bridgehead atoms. The van der Waals surface area contributed by atoms with Crippen molar-refractivity contribution in [2.75, 3.05) is 13.2 Å². The van der Waals surface area contributed by atoms with Crippen molar-refractivity contribution in [1.29, 1.82) is 5.26 Å². The zero-order chi connectivity index (χ0) is 17.0. The maximum Gasteiger partial charge on any atom is 0.325 e. The Labute approximate surface area is 133 Å². The van der Waals surface area contributed by atoms with Crippen LogP contribution in [-0.2, 0) is 19.1 Å². The Hall–Kier alpha value is -1.83. The summed E-state index contributed by atoms with van der Waals surface area (Å²) in [6.07, 6.45) is 4.66. The highest BCUT2D eigenvalue weighted by atomic mass is 16.6. The molecule has 0 amide bonds. The van der Waals surface area contributed by atoms with E-state index in [1.54, 1.807) is 13.8 Å². The van der Waals surface area contributed by atoms with Crippen LogP contribution in [0.2, 0.25) is 0 Å². The molecule has 0 aromatic heterocycles. The minimum absolute atomic E-state index is 0.0367. The van der Waals surface area contributed by atoms with Crippen molar-refractivity contribution in [1.82, 2.24) is 0 Å². The minimum Gasteiger partial charge on any atom is -0.465 e. The second kappa shape index (κ2) is 10.8. The fourth-order valence-electron chi connectivity index (χ4n) is 2.44. The van der Waals surface area contributed by atoms with Crippen LogP contribution in [-0.4, -0.2) is 25.2 Å². The smallest absolute Gasteiger partial charge is 0.325 e. The number of allylic oxidation sites excluding steroid dienone is 1. The van der Waals surface area contributed by atoms with E-state index < -0.39 is 23.3 Å². The summed E-state index contributed by atoms with van der Waals surface area (Å²) in [5, 5.41) is 9.52. The fourth-order valence-corrected chi connectivity index (χ4v) is 2.44. The van der Waals surface area contributed by atoms with E-state index in [0.717, 1.165) is 19.3 Å². The maximum atomic E-state index is 12.5. The third kappa shape index (κ3) is 4.87. The average Bonchev–Trinajstić information content (AvgIpc) is 2.50. The zero-order valence-electron chi connectivity index (χ0n) is 13.9. The molecule has 0 aliphatic heterocycles. The van der Waals surface area contributed by atoms with Gasteiger partial charge in [0.1, 0.15) is 0 Å². The van der Waals surface area contributed by atoms with Crippen LogP contribution in [0.1, 0.15) is 52.9 Å². The van der Waals surface area contributed by atoms with Gasteiger partial charge in [-0.15, -0.1) is 6.58 Å². The molecule has 5 heteroatoms. The van der Waals surface area contributed by atoms with Gasteiger partial charge in [-0.05, 0) is 26.7 Å². The van der Waals surface area contributed by atoms with E-state index >= 15 is 0 Å². The molecule has 0 heterocycles. The Balaban J connectivity index is 5.66. The summed E-state index contributed by atoms with van der Waals surface area (Å²) in [6.45, 7) is 9.29. The number of unbranched alkanes of at least 4 members (excludes halogenated alkanes) is 2. The van der Waals surface area contributed by atoms with E-state index in [1.165, 1.54) is 6.08 Å². The van der Waals surface area contributed by atoms with Crippen molar-refractivity contribution in [2.45, 2.75) is 52.9 Å². The summed E-state index contributed by atoms with van der Waals surface area (Å²) in [5.41, 5.74) is -1.61. The second-order valence-electron chi connectivity index (χ2n) is 5.08. The quantitative estimate of drug-likeness (QED) is 0.253. The van der Waals surface area contributed by atoms with Gasteiger partial charge >= 0.3 is 11.9 Å². The van der Waals surface area contributed by atoms with Crippen LogP contribution in [0.5, 0.6) is 0 Å². The van der Waals surface area contributed by atoms with Crippen LogP contribution >= 0.6 is 0 Å². The highest BCUT2D eigenvalue weighted by Gasteiger charge is 2.54. The number of carbonyl (C=O) groups excluding carboxylic acids is 2. The van der Waals surface area contributed by atoms with Gasteiger partial charge in [-0.1, -0.05) is 32.3 Å². The second-order valence-corrected chi connectivity index (χ2v) is 5.08. The zero-order valence-corrected chi connectivity index (χ0v) is 13.9. The molecule has 0 saturated carbocycles. The molecule has 0 radical (unpaired) electrons. The number of carbonyl (C=O) groups is 2. The Kier molecular flexibility index (Phi) is 9.93. The molecule has 22 heavy (non-hydrogen) atoms. The predicted molar refractivity (Wildman–Crippen MR) is 83.8 cm³/mol. The summed E-state index contributed by atoms with van der Waals surface area (Å²) in [5.74, 6) is -2.18. The van der Waals surface area contributed by atoms with Gasteiger partial charge in [-0.3, -0.25) is 9.59 Å². The van der Waals surface area contributed by atoms with E-state index in [1.807, 2.05) is 0 Å². The fraction of sp³-hybridized carbons (Fsp3) is 0.706. The topological polar surface area (TPSA) is 76.4 Å². The lowest BCUT2D eigenvalue weighted by Gasteiger charge is -2.32. The molecule has 0 saturated heterocycles. The lowest BCUT2D eigenvalue weighted by atomic mass is 9.71. The van der Waals surface area contributed by atoms with Gasteiger partial charge in [0.2, 0.25) is 0 Å². The van der Waals surface area contributed by atoms with Crippen molar-refractivity contribution >= 4 is 11.9 Å². The SMILES string of the molecule is C=CCC(C(=O)OCC)(C(=O)OCC)C(C#N)CCCCC. The van der Waals surface area contributed by atoms with E-state index in [9.17, 15) is 14.9 Å². The van der Waals surface area contributed by atoms with Gasteiger partial charge < -0.3 is 9.47 Å². The first-order chi connectivity index (χ1) is 10.5. The van der Waals surface area contributed by atoms with E-state index in [2.05, 4.69) is 19.6 Å². The molecular formula is C17H27NO4. The third-order valence-corrected chi connectivity index (χ3v) is 3.59. The van der Waals surface area contributed by atoms with Gasteiger partial charge in [0.15, 0.2) is 5.41 Å². The molecule has 0 spiro atoms. The van der Waals surface area contributed by atoms with Gasteiger partial charge in [-0.25, -0.2) is 0 Å². The van der Waals surface area contributed by atoms with Crippen molar-refractivity contribution < 1.29 is 19.1 Å². The van der Waals surface area contributed by atoms with Crippen molar-refractivity contribution in [2.24, 2.45) is 11.3 Å². The third-order valence-electron chi connectivity index (χ3n) is 3.59. The van der Waals surface area contributed by atoms with Crippen molar-refractivity contribution in [3.63, 3.8) is 0 Å². The molecular weight excluding hydrogens is 282 g/mol. The summed E-state index contributed by atoms with van der Waals surface area (Å²) in [6, 6.07) is 2.12. The number of hydrogen-bond acceptors (Lipinski definition) is 5. The summed E-state index contributed by atoms with van der Waals surface area (Å²) in [7, 11) is 0. The number of nitrogens with zero attached hydrogens (tertiary/aromatic N) is 1. The largest absolute Gasteiger partial charge is 0.465 e. The van der Waals surface area contributed by atoms with Crippen molar-refractivity contribution in [3.05, 3.63) is 12.7 Å². The number of esters is 2. The lowest BCUT2D eigenvalue weighted by molar-refractivity contribution is -0.175. The molecule has 5 nitrogen and oxygen atoms in total. The molecule has 1 atom stereocenters. The molecule has 0 aromatic rings. The molecule has 124 valence electrons. The maximum absolute atomic E-state index is 12.5. The lowest BCUT2D eigenvalue weighted by Crippen LogP contribution is -2.47. The minimum atomic E-state index is -1.61. The Morgan fingerprint density at radius 3 is 2.09 bits per heavy atom. The predicted octanol–water partition coefficient (Wildman–Crippen LogP) is 3.40. The molecule has 0 aliphatic carbocycles. The Morgan fingerprint density at radius 2 is 1.73 bits per heavy atom. The van der Waals surface area contributed by atoms with Gasteiger partial charge in [0.25, 0.3) is 0 Å². The number of nitriles is 1. The van der Waals surface area contributed by atoms with E-state index in [4.69, 9.17) is 9.47 Å². The first-order valence-corrected chi connectivity index (χ1v) is 7.89.